The average molecular weight is 421 g/mol. The number of carbonyl (C=O) groups excluding carboxylic acids is 1. The number of rotatable bonds is 4. The van der Waals surface area contributed by atoms with Gasteiger partial charge in [-0.2, -0.15) is 0 Å². The van der Waals surface area contributed by atoms with Crippen molar-refractivity contribution in [3.05, 3.63) is 30.1 Å². The van der Waals surface area contributed by atoms with Crippen molar-refractivity contribution in [2.75, 3.05) is 51.2 Å². The molecular weight excluding hydrogens is 390 g/mol. The molecule has 27 heavy (non-hydrogen) atoms. The molecule has 3 rings (SSSR count). The first-order chi connectivity index (χ1) is 12.1. The lowest BCUT2D eigenvalue weighted by atomic mass is 10.0. The van der Waals surface area contributed by atoms with Crippen LogP contribution >= 0.6 is 24.8 Å². The number of piperidine rings is 1. The Balaban J connectivity index is 0.00000182. The smallest absolute Gasteiger partial charge is 0.239 e. The number of benzene rings is 1. The Morgan fingerprint density at radius 2 is 1.74 bits per heavy atom. The molecule has 0 spiro atoms. The van der Waals surface area contributed by atoms with Crippen molar-refractivity contribution in [3.63, 3.8) is 0 Å². The fraction of sp³-hybridized carbons (Fsp3) is 0.632. The van der Waals surface area contributed by atoms with Crippen LogP contribution in [-0.2, 0) is 4.79 Å². The Morgan fingerprint density at radius 1 is 1.11 bits per heavy atom. The van der Waals surface area contributed by atoms with Gasteiger partial charge in [0.15, 0.2) is 0 Å². The monoisotopic (exact) mass is 420 g/mol. The third-order valence-corrected chi connectivity index (χ3v) is 5.55. The largest absolute Gasteiger partial charge is 0.369 e. The maximum Gasteiger partial charge on any atom is 0.239 e. The van der Waals surface area contributed by atoms with Gasteiger partial charge in [-0.05, 0) is 51.1 Å². The van der Waals surface area contributed by atoms with Crippen molar-refractivity contribution in [1.29, 1.82) is 0 Å². The molecule has 0 saturated carbocycles. The second kappa shape index (κ2) is 11.1. The van der Waals surface area contributed by atoms with Crippen molar-refractivity contribution in [1.82, 2.24) is 15.1 Å². The molecule has 0 aromatic heterocycles. The van der Waals surface area contributed by atoms with E-state index in [9.17, 15) is 9.18 Å². The molecule has 0 aliphatic carbocycles. The number of hydrogen-bond donors (Lipinski definition) is 1. The molecule has 2 aliphatic heterocycles. The van der Waals surface area contributed by atoms with Crippen molar-refractivity contribution in [3.8, 4) is 0 Å². The Morgan fingerprint density at radius 3 is 2.33 bits per heavy atom. The number of hydrogen-bond acceptors (Lipinski definition) is 4. The predicted octanol–water partition coefficient (Wildman–Crippen LogP) is 2.39. The fourth-order valence-corrected chi connectivity index (χ4v) is 3.85. The van der Waals surface area contributed by atoms with E-state index in [4.69, 9.17) is 0 Å². The van der Waals surface area contributed by atoms with E-state index in [0.29, 0.717) is 6.04 Å². The average Bonchev–Trinajstić information content (AvgIpc) is 2.67. The Bertz CT molecular complexity index is 582. The Hall–Kier alpha value is -1.08. The minimum Gasteiger partial charge on any atom is -0.369 e. The summed E-state index contributed by atoms with van der Waals surface area (Å²) in [4.78, 5) is 19.4. The first kappa shape index (κ1) is 24.0. The van der Waals surface area contributed by atoms with Gasteiger partial charge in [-0.3, -0.25) is 9.69 Å². The highest BCUT2D eigenvalue weighted by atomic mass is 35.5. The van der Waals surface area contributed by atoms with Gasteiger partial charge >= 0.3 is 0 Å². The number of likely N-dealkylation sites (N-methyl/N-ethyl adjacent to an activating group) is 1. The third-order valence-electron chi connectivity index (χ3n) is 5.55. The van der Waals surface area contributed by atoms with Crippen LogP contribution in [0.1, 0.15) is 19.8 Å². The lowest BCUT2D eigenvalue weighted by molar-refractivity contribution is -0.137. The molecule has 2 heterocycles. The van der Waals surface area contributed by atoms with Crippen molar-refractivity contribution in [2.45, 2.75) is 31.8 Å². The van der Waals surface area contributed by atoms with E-state index in [0.717, 1.165) is 57.8 Å². The predicted molar refractivity (Wildman–Crippen MR) is 113 cm³/mol. The summed E-state index contributed by atoms with van der Waals surface area (Å²) in [7, 11) is 1.97. The summed E-state index contributed by atoms with van der Waals surface area (Å²) >= 11 is 0. The standard InChI is InChI=1S/C19H29FN4O.2ClH/c1-15(19(25)24-9-3-4-17(14-24)21-2)22-10-12-23(13-11-22)18-7-5-16(20)6-8-18;;/h5-8,15,17,21H,3-4,9-14H2,1-2H3;2*1H. The Kier molecular flexibility index (Phi) is 9.81. The summed E-state index contributed by atoms with van der Waals surface area (Å²) in [5, 5.41) is 3.29. The molecule has 2 fully saturated rings. The first-order valence-electron chi connectivity index (χ1n) is 9.29. The molecule has 1 amide bonds. The SMILES string of the molecule is CNC1CCCN(C(=O)C(C)N2CCN(c3ccc(F)cc3)CC2)C1.Cl.Cl. The molecule has 2 atom stereocenters. The van der Waals surface area contributed by atoms with Gasteiger partial charge < -0.3 is 15.1 Å². The van der Waals surface area contributed by atoms with Gasteiger partial charge in [0.25, 0.3) is 0 Å². The van der Waals surface area contributed by atoms with Gasteiger partial charge in [0.2, 0.25) is 5.91 Å². The zero-order valence-electron chi connectivity index (χ0n) is 16.1. The quantitative estimate of drug-likeness (QED) is 0.811. The second-order valence-electron chi connectivity index (χ2n) is 7.09. The molecule has 1 aromatic carbocycles. The zero-order chi connectivity index (χ0) is 17.8. The molecule has 0 radical (unpaired) electrons. The molecule has 2 saturated heterocycles. The van der Waals surface area contributed by atoms with E-state index >= 15 is 0 Å². The molecule has 1 N–H and O–H groups in total. The van der Waals surface area contributed by atoms with E-state index in [1.54, 1.807) is 0 Å². The van der Waals surface area contributed by atoms with Gasteiger partial charge in [0.05, 0.1) is 6.04 Å². The zero-order valence-corrected chi connectivity index (χ0v) is 17.7. The van der Waals surface area contributed by atoms with E-state index in [-0.39, 0.29) is 42.6 Å². The van der Waals surface area contributed by atoms with Crippen LogP contribution in [0.25, 0.3) is 0 Å². The Labute approximate surface area is 174 Å². The maximum absolute atomic E-state index is 13.1. The van der Waals surface area contributed by atoms with E-state index < -0.39 is 0 Å². The summed E-state index contributed by atoms with van der Waals surface area (Å²) in [6.07, 6.45) is 2.22. The number of piperazine rings is 1. The summed E-state index contributed by atoms with van der Waals surface area (Å²) < 4.78 is 13.1. The van der Waals surface area contributed by atoms with Gasteiger partial charge in [-0.15, -0.1) is 24.8 Å². The van der Waals surface area contributed by atoms with Crippen LogP contribution in [-0.4, -0.2) is 74.1 Å². The van der Waals surface area contributed by atoms with E-state index in [2.05, 4.69) is 15.1 Å². The highest BCUT2D eigenvalue weighted by molar-refractivity contribution is 5.85. The second-order valence-corrected chi connectivity index (χ2v) is 7.09. The lowest BCUT2D eigenvalue weighted by Gasteiger charge is -2.41. The van der Waals surface area contributed by atoms with Gasteiger partial charge in [0.1, 0.15) is 5.82 Å². The molecular formula is C19H31Cl2FN4O. The van der Waals surface area contributed by atoms with Crippen LogP contribution in [0, 0.1) is 5.82 Å². The van der Waals surface area contributed by atoms with Gasteiger partial charge in [-0.1, -0.05) is 0 Å². The van der Waals surface area contributed by atoms with Crippen LogP contribution in [0.3, 0.4) is 0 Å². The normalized spacial score (nSPS) is 21.8. The summed E-state index contributed by atoms with van der Waals surface area (Å²) in [6.45, 7) is 7.15. The van der Waals surface area contributed by atoms with Gasteiger partial charge in [-0.25, -0.2) is 4.39 Å². The number of nitrogens with zero attached hydrogens (tertiary/aromatic N) is 3. The van der Waals surface area contributed by atoms with Crippen molar-refractivity contribution in [2.24, 2.45) is 0 Å². The minimum absolute atomic E-state index is 0. The highest BCUT2D eigenvalue weighted by Gasteiger charge is 2.31. The summed E-state index contributed by atoms with van der Waals surface area (Å²) in [6, 6.07) is 6.99. The van der Waals surface area contributed by atoms with Crippen LogP contribution in [0.4, 0.5) is 10.1 Å². The van der Waals surface area contributed by atoms with Crippen molar-refractivity contribution >= 4 is 36.4 Å². The van der Waals surface area contributed by atoms with E-state index in [1.807, 2.05) is 31.0 Å². The van der Waals surface area contributed by atoms with Crippen molar-refractivity contribution < 1.29 is 9.18 Å². The van der Waals surface area contributed by atoms with Crippen LogP contribution in [0.5, 0.6) is 0 Å². The lowest BCUT2D eigenvalue weighted by Crippen LogP contribution is -2.57. The van der Waals surface area contributed by atoms with Crippen LogP contribution in [0.2, 0.25) is 0 Å². The highest BCUT2D eigenvalue weighted by Crippen LogP contribution is 2.19. The summed E-state index contributed by atoms with van der Waals surface area (Å²) in [5.41, 5.74) is 1.05. The number of halogens is 3. The molecule has 154 valence electrons. The molecule has 1 aromatic rings. The molecule has 2 unspecified atom stereocenters. The fourth-order valence-electron chi connectivity index (χ4n) is 3.85. The van der Waals surface area contributed by atoms with E-state index in [1.165, 1.54) is 12.1 Å². The summed E-state index contributed by atoms with van der Waals surface area (Å²) in [5.74, 6) is 0.0400. The van der Waals surface area contributed by atoms with Crippen LogP contribution < -0.4 is 10.2 Å². The number of carbonyl (C=O) groups is 1. The van der Waals surface area contributed by atoms with Gasteiger partial charge in [0, 0.05) is 51.0 Å². The molecule has 0 bridgehead atoms. The van der Waals surface area contributed by atoms with Crippen LogP contribution in [0.15, 0.2) is 24.3 Å². The minimum atomic E-state index is -0.206. The molecule has 2 aliphatic rings. The molecule has 8 heteroatoms. The number of anilines is 1. The number of nitrogens with one attached hydrogen (secondary N) is 1. The maximum atomic E-state index is 13.1. The third kappa shape index (κ3) is 5.95. The molecule has 5 nitrogen and oxygen atoms in total. The number of amides is 1. The number of likely N-dealkylation sites (tertiary alicyclic amines) is 1. The topological polar surface area (TPSA) is 38.8 Å². The first-order valence-corrected chi connectivity index (χ1v) is 9.29.